The van der Waals surface area contributed by atoms with E-state index in [1.165, 1.54) is 0 Å². The Kier molecular flexibility index (Phi) is 8.69. The second kappa shape index (κ2) is 15.0. The van der Waals surface area contributed by atoms with Crippen molar-refractivity contribution < 1.29 is 8.83 Å². The van der Waals surface area contributed by atoms with E-state index in [0.29, 0.717) is 45.7 Å². The smallest absolute Gasteiger partial charge is 0.180 e. The summed E-state index contributed by atoms with van der Waals surface area (Å²) in [5.74, 6) is 2.31. The third-order valence-corrected chi connectivity index (χ3v) is 11.7. The van der Waals surface area contributed by atoms with Gasteiger partial charge in [-0.3, -0.25) is 0 Å². The Labute approximate surface area is 366 Å². The maximum absolute atomic E-state index is 6.67. The van der Waals surface area contributed by atoms with E-state index in [9.17, 15) is 0 Å². The van der Waals surface area contributed by atoms with Gasteiger partial charge in [0.25, 0.3) is 0 Å². The summed E-state index contributed by atoms with van der Waals surface area (Å²) in [6.45, 7) is 6.02. The zero-order valence-electron chi connectivity index (χ0n) is 34.6. The number of hydrogen-bond acceptors (Lipinski definition) is 7. The van der Waals surface area contributed by atoms with Crippen molar-refractivity contribution in [3.05, 3.63) is 195 Å². The molecular formula is C56H36N6O2. The summed E-state index contributed by atoms with van der Waals surface area (Å²) in [5, 5.41) is 4.99. The van der Waals surface area contributed by atoms with Crippen LogP contribution < -0.4 is 0 Å². The summed E-state index contributed by atoms with van der Waals surface area (Å²) in [6, 6.07) is 55.2. The van der Waals surface area contributed by atoms with Crippen LogP contribution in [0.2, 0.25) is 0 Å². The summed E-state index contributed by atoms with van der Waals surface area (Å²) < 4.78 is 15.4. The molecule has 0 radical (unpaired) electrons. The molecule has 0 atom stereocenters. The van der Waals surface area contributed by atoms with Crippen LogP contribution in [-0.4, -0.2) is 29.5 Å². The SMILES string of the molecule is C=C/C=C(\C=C/C)n1c2ccccc2c2cc(-c3nc(-c4ccccc4)nc(-c4cccc5oc6cc(-c7nc(-c8ccccc8)nc8c7oc7ccccc78)ccc6c45)n3)ccc21. The molecular weight excluding hydrogens is 789 g/mol. The van der Waals surface area contributed by atoms with Crippen LogP contribution in [0.4, 0.5) is 0 Å². The molecule has 0 unspecified atom stereocenters. The van der Waals surface area contributed by atoms with Crippen LogP contribution >= 0.6 is 0 Å². The van der Waals surface area contributed by atoms with Gasteiger partial charge in [0, 0.05) is 60.4 Å². The molecule has 8 heteroatoms. The van der Waals surface area contributed by atoms with Gasteiger partial charge in [0.1, 0.15) is 28.0 Å². The zero-order chi connectivity index (χ0) is 42.7. The first kappa shape index (κ1) is 37.0. The first-order valence-electron chi connectivity index (χ1n) is 21.1. The highest BCUT2D eigenvalue weighted by Crippen LogP contribution is 2.41. The second-order valence-corrected chi connectivity index (χ2v) is 15.6. The van der Waals surface area contributed by atoms with Crippen LogP contribution in [0, 0.1) is 0 Å². The third-order valence-electron chi connectivity index (χ3n) is 11.7. The standard InChI is InChI=1S/C56H36N6O2/c1-3-16-38(17-4-2)62-44-25-13-11-22-39(44)43-32-37(29-31-45(43)62)55-59-54(35-20-9-6-10-21-35)60-56(61-55)42-24-15-27-47-49(42)40-30-28-36(33-48(40)63-47)50-52-51(41-23-12-14-26-46(41)64-52)58-53(57-50)34-18-7-5-8-19-34/h3-33H,1H2,2H3/b17-4-,38-16+. The number of benzene rings is 7. The third kappa shape index (κ3) is 6.03. The molecule has 12 aromatic rings. The van der Waals surface area contributed by atoms with Gasteiger partial charge >= 0.3 is 0 Å². The minimum Gasteiger partial charge on any atom is -0.456 e. The number of allylic oxidation sites excluding steroid dienone is 5. The van der Waals surface area contributed by atoms with Crippen LogP contribution in [0.25, 0.3) is 128 Å². The Morgan fingerprint density at radius 1 is 0.500 bits per heavy atom. The highest BCUT2D eigenvalue weighted by Gasteiger charge is 2.22. The fourth-order valence-electron chi connectivity index (χ4n) is 8.89. The Morgan fingerprint density at radius 2 is 1.16 bits per heavy atom. The average molecular weight is 825 g/mol. The number of furan rings is 2. The minimum absolute atomic E-state index is 0.542. The highest BCUT2D eigenvalue weighted by molar-refractivity contribution is 6.14. The normalized spacial score (nSPS) is 12.2. The van der Waals surface area contributed by atoms with E-state index in [-0.39, 0.29) is 0 Å². The fraction of sp³-hybridized carbons (Fsp3) is 0.0179. The fourth-order valence-corrected chi connectivity index (χ4v) is 8.89. The van der Waals surface area contributed by atoms with Crippen molar-refractivity contribution in [1.82, 2.24) is 29.5 Å². The molecule has 12 rings (SSSR count). The number of fused-ring (bicyclic) bond motifs is 9. The summed E-state index contributed by atoms with van der Waals surface area (Å²) >= 11 is 0. The van der Waals surface area contributed by atoms with Crippen LogP contribution in [0.15, 0.2) is 204 Å². The topological polar surface area (TPSA) is 95.7 Å². The summed E-state index contributed by atoms with van der Waals surface area (Å²) in [5.41, 5.74) is 11.8. The number of rotatable bonds is 8. The van der Waals surface area contributed by atoms with Gasteiger partial charge in [-0.1, -0.05) is 128 Å². The molecule has 0 N–H and O–H groups in total. The summed E-state index contributed by atoms with van der Waals surface area (Å²) in [6.07, 6.45) is 8.00. The summed E-state index contributed by atoms with van der Waals surface area (Å²) in [7, 11) is 0. The van der Waals surface area contributed by atoms with Crippen molar-refractivity contribution in [2.24, 2.45) is 0 Å². The lowest BCUT2D eigenvalue weighted by Crippen LogP contribution is -2.00. The molecule has 5 heterocycles. The molecule has 0 amide bonds. The first-order valence-corrected chi connectivity index (χ1v) is 21.1. The van der Waals surface area contributed by atoms with Crippen molar-refractivity contribution in [1.29, 1.82) is 0 Å². The lowest BCUT2D eigenvalue weighted by molar-refractivity contribution is 0.666. The molecule has 0 aliphatic carbocycles. The van der Waals surface area contributed by atoms with Crippen molar-refractivity contribution in [3.63, 3.8) is 0 Å². The largest absolute Gasteiger partial charge is 0.456 e. The molecule has 64 heavy (non-hydrogen) atoms. The molecule has 0 fully saturated rings. The number of aromatic nitrogens is 6. The van der Waals surface area contributed by atoms with Crippen LogP contribution in [0.5, 0.6) is 0 Å². The molecule has 0 aliphatic rings. The Morgan fingerprint density at radius 3 is 1.94 bits per heavy atom. The van der Waals surface area contributed by atoms with Gasteiger partial charge < -0.3 is 13.4 Å². The maximum Gasteiger partial charge on any atom is 0.180 e. The molecule has 0 spiro atoms. The second-order valence-electron chi connectivity index (χ2n) is 15.6. The molecule has 0 aliphatic heterocycles. The predicted molar refractivity (Wildman–Crippen MR) is 259 cm³/mol. The van der Waals surface area contributed by atoms with E-state index < -0.39 is 0 Å². The summed E-state index contributed by atoms with van der Waals surface area (Å²) in [4.78, 5) is 25.7. The maximum atomic E-state index is 6.67. The van der Waals surface area contributed by atoms with Crippen LogP contribution in [-0.2, 0) is 0 Å². The quantitative estimate of drug-likeness (QED) is 0.141. The Balaban J connectivity index is 1.04. The molecule has 5 aromatic heterocycles. The molecule has 0 bridgehead atoms. The molecule has 8 nitrogen and oxygen atoms in total. The van der Waals surface area contributed by atoms with Crippen molar-refractivity contribution >= 4 is 71.5 Å². The predicted octanol–water partition coefficient (Wildman–Crippen LogP) is 14.5. The van der Waals surface area contributed by atoms with E-state index in [2.05, 4.69) is 77.9 Å². The Bertz CT molecular complexity index is 3880. The first-order chi connectivity index (χ1) is 31.6. The molecule has 0 saturated carbocycles. The minimum atomic E-state index is 0.542. The lowest BCUT2D eigenvalue weighted by Gasteiger charge is -2.10. The van der Waals surface area contributed by atoms with Crippen LogP contribution in [0.3, 0.4) is 0 Å². The van der Waals surface area contributed by atoms with Gasteiger partial charge in [-0.25, -0.2) is 24.9 Å². The van der Waals surface area contributed by atoms with Crippen molar-refractivity contribution in [2.75, 3.05) is 0 Å². The van der Waals surface area contributed by atoms with Crippen molar-refractivity contribution in [2.45, 2.75) is 6.92 Å². The number of nitrogens with zero attached hydrogens (tertiary/aromatic N) is 6. The van der Waals surface area contributed by atoms with Crippen molar-refractivity contribution in [3.8, 4) is 56.8 Å². The number of hydrogen-bond donors (Lipinski definition) is 0. The van der Waals surface area contributed by atoms with E-state index >= 15 is 0 Å². The van der Waals surface area contributed by atoms with Gasteiger partial charge in [0.15, 0.2) is 28.9 Å². The Hall–Kier alpha value is -8.75. The van der Waals surface area contributed by atoms with E-state index in [0.717, 1.165) is 82.6 Å². The van der Waals surface area contributed by atoms with Gasteiger partial charge in [-0.15, -0.1) is 0 Å². The van der Waals surface area contributed by atoms with Crippen LogP contribution in [0.1, 0.15) is 6.92 Å². The van der Waals surface area contributed by atoms with Gasteiger partial charge in [-0.2, -0.15) is 0 Å². The molecule has 0 saturated heterocycles. The monoisotopic (exact) mass is 824 g/mol. The van der Waals surface area contributed by atoms with E-state index in [1.807, 2.05) is 128 Å². The van der Waals surface area contributed by atoms with E-state index in [1.54, 1.807) is 0 Å². The molecule has 302 valence electrons. The number of para-hydroxylation sites is 2. The lowest BCUT2D eigenvalue weighted by atomic mass is 10.0. The van der Waals surface area contributed by atoms with Gasteiger partial charge in [-0.05, 0) is 73.7 Å². The zero-order valence-corrected chi connectivity index (χ0v) is 34.6. The highest BCUT2D eigenvalue weighted by atomic mass is 16.3. The average Bonchev–Trinajstić information content (AvgIpc) is 4.03. The van der Waals surface area contributed by atoms with Gasteiger partial charge in [0.2, 0.25) is 0 Å². The van der Waals surface area contributed by atoms with E-state index in [4.69, 9.17) is 33.8 Å². The van der Waals surface area contributed by atoms with Gasteiger partial charge in [0.05, 0.1) is 11.0 Å². The molecule has 7 aromatic carbocycles.